The third-order valence-corrected chi connectivity index (χ3v) is 4.23. The Bertz CT molecular complexity index is 344. The molecule has 1 heteroatoms. The van der Waals surface area contributed by atoms with Gasteiger partial charge in [-0.15, -0.1) is 11.8 Å². The molecule has 0 aromatic carbocycles. The van der Waals surface area contributed by atoms with Crippen molar-refractivity contribution in [3.63, 3.8) is 0 Å². The van der Waals surface area contributed by atoms with E-state index in [2.05, 4.69) is 62.1 Å². The Balaban J connectivity index is 2.15. The highest BCUT2D eigenvalue weighted by Crippen LogP contribution is 2.40. The van der Waals surface area contributed by atoms with E-state index in [0.717, 1.165) is 6.42 Å². The van der Waals surface area contributed by atoms with Crippen molar-refractivity contribution < 1.29 is 0 Å². The summed E-state index contributed by atoms with van der Waals surface area (Å²) in [5.41, 5.74) is 3.00. The molecule has 15 heavy (non-hydrogen) atoms. The van der Waals surface area contributed by atoms with Crippen LogP contribution in [0, 0.1) is 5.92 Å². The van der Waals surface area contributed by atoms with Gasteiger partial charge in [-0.2, -0.15) is 0 Å². The Morgan fingerprint density at radius 1 is 1.47 bits per heavy atom. The van der Waals surface area contributed by atoms with Gasteiger partial charge >= 0.3 is 0 Å². The van der Waals surface area contributed by atoms with Crippen LogP contribution >= 0.6 is 11.8 Å². The summed E-state index contributed by atoms with van der Waals surface area (Å²) in [5.74, 6) is 1.85. The van der Waals surface area contributed by atoms with Gasteiger partial charge in [-0.25, -0.2) is 0 Å². The summed E-state index contributed by atoms with van der Waals surface area (Å²) >= 11 is 2.06. The van der Waals surface area contributed by atoms with Gasteiger partial charge in [-0.05, 0) is 13.3 Å². The summed E-state index contributed by atoms with van der Waals surface area (Å²) in [6.45, 7) is 4.40. The largest absolute Gasteiger partial charge is 0.149 e. The van der Waals surface area contributed by atoms with Crippen LogP contribution < -0.4 is 0 Å². The Hall–Kier alpha value is -0.690. The molecule has 2 aliphatic rings. The molecule has 0 bridgehead atoms. The molecule has 0 saturated carbocycles. The lowest BCUT2D eigenvalue weighted by molar-refractivity contribution is 0.813. The predicted octanol–water partition coefficient (Wildman–Crippen LogP) is 4.13. The molecule has 0 N–H and O–H groups in total. The number of rotatable bonds is 2. The summed E-state index contributed by atoms with van der Waals surface area (Å²) in [6, 6.07) is 0. The summed E-state index contributed by atoms with van der Waals surface area (Å²) < 4.78 is 0. The maximum absolute atomic E-state index is 2.38. The first-order valence-corrected chi connectivity index (χ1v) is 6.70. The maximum atomic E-state index is 2.38. The highest BCUT2D eigenvalue weighted by Gasteiger charge is 2.29. The second kappa shape index (κ2) is 4.89. The molecule has 0 aromatic rings. The van der Waals surface area contributed by atoms with Crippen molar-refractivity contribution in [1.29, 1.82) is 0 Å². The van der Waals surface area contributed by atoms with Gasteiger partial charge < -0.3 is 0 Å². The molecule has 1 aliphatic carbocycles. The molecule has 1 fully saturated rings. The molecule has 2 rings (SSSR count). The lowest BCUT2D eigenvalue weighted by Gasteiger charge is -2.15. The molecule has 0 radical (unpaired) electrons. The Morgan fingerprint density at radius 2 is 2.27 bits per heavy atom. The zero-order chi connectivity index (χ0) is 10.7. The van der Waals surface area contributed by atoms with Crippen LogP contribution in [0.3, 0.4) is 0 Å². The molecular weight excluding hydrogens is 200 g/mol. The number of fused-ring (bicyclic) bond motifs is 1. The van der Waals surface area contributed by atoms with Gasteiger partial charge in [-0.1, -0.05) is 54.5 Å². The monoisotopic (exact) mass is 218 g/mol. The Labute approximate surface area is 96.8 Å². The molecule has 80 valence electrons. The van der Waals surface area contributed by atoms with Gasteiger partial charge in [-0.3, -0.25) is 0 Å². The minimum atomic E-state index is 0.653. The molecular formula is C14H18S. The van der Waals surface area contributed by atoms with E-state index in [0.29, 0.717) is 11.2 Å². The van der Waals surface area contributed by atoms with E-state index in [9.17, 15) is 0 Å². The van der Waals surface area contributed by atoms with Gasteiger partial charge in [0.15, 0.2) is 0 Å². The van der Waals surface area contributed by atoms with E-state index in [4.69, 9.17) is 0 Å². The van der Waals surface area contributed by atoms with Crippen molar-refractivity contribution in [3.8, 4) is 0 Å². The van der Waals surface area contributed by atoms with Crippen molar-refractivity contribution >= 4 is 11.8 Å². The lowest BCUT2D eigenvalue weighted by Crippen LogP contribution is -2.09. The highest BCUT2D eigenvalue weighted by atomic mass is 32.2. The fourth-order valence-electron chi connectivity index (χ4n) is 2.18. The van der Waals surface area contributed by atoms with Crippen LogP contribution in [0.15, 0.2) is 47.6 Å². The molecule has 1 saturated heterocycles. The van der Waals surface area contributed by atoms with Crippen molar-refractivity contribution in [2.24, 2.45) is 5.92 Å². The van der Waals surface area contributed by atoms with Crippen molar-refractivity contribution in [3.05, 3.63) is 47.6 Å². The van der Waals surface area contributed by atoms with Gasteiger partial charge in [0.1, 0.15) is 0 Å². The zero-order valence-electron chi connectivity index (χ0n) is 9.44. The van der Waals surface area contributed by atoms with Crippen LogP contribution in [-0.2, 0) is 0 Å². The fourth-order valence-corrected chi connectivity index (χ4v) is 3.52. The third-order valence-electron chi connectivity index (χ3n) is 2.89. The van der Waals surface area contributed by atoms with E-state index >= 15 is 0 Å². The summed E-state index contributed by atoms with van der Waals surface area (Å²) in [6.07, 6.45) is 14.8. The Morgan fingerprint density at radius 3 is 3.07 bits per heavy atom. The van der Waals surface area contributed by atoms with Crippen LogP contribution in [0.25, 0.3) is 0 Å². The molecule has 2 unspecified atom stereocenters. The normalized spacial score (nSPS) is 32.4. The minimum Gasteiger partial charge on any atom is -0.149 e. The zero-order valence-corrected chi connectivity index (χ0v) is 10.3. The van der Waals surface area contributed by atoms with Crippen molar-refractivity contribution in [2.75, 3.05) is 5.75 Å². The second-order valence-electron chi connectivity index (χ2n) is 4.15. The van der Waals surface area contributed by atoms with Crippen LogP contribution in [-0.4, -0.2) is 11.0 Å². The van der Waals surface area contributed by atoms with Gasteiger partial charge in [0.2, 0.25) is 0 Å². The van der Waals surface area contributed by atoms with Gasteiger partial charge in [0.25, 0.3) is 0 Å². The minimum absolute atomic E-state index is 0.653. The maximum Gasteiger partial charge on any atom is 0.0334 e. The number of thioether (sulfide) groups is 1. The number of hydrogen-bond acceptors (Lipinski definition) is 1. The van der Waals surface area contributed by atoms with Gasteiger partial charge in [0.05, 0.1) is 0 Å². The second-order valence-corrected chi connectivity index (χ2v) is 5.31. The summed E-state index contributed by atoms with van der Waals surface area (Å²) in [5, 5.41) is 0.690. The Kier molecular flexibility index (Phi) is 3.53. The predicted molar refractivity (Wildman–Crippen MR) is 70.1 cm³/mol. The smallest absolute Gasteiger partial charge is 0.0334 e. The van der Waals surface area contributed by atoms with E-state index < -0.39 is 0 Å². The molecule has 1 heterocycles. The average Bonchev–Trinajstić information content (AvgIpc) is 2.62. The fraction of sp³-hybridized carbons (Fsp3) is 0.429. The van der Waals surface area contributed by atoms with Crippen molar-refractivity contribution in [1.82, 2.24) is 0 Å². The first kappa shape index (κ1) is 10.8. The molecule has 0 nitrogen and oxygen atoms in total. The molecule has 0 aromatic heterocycles. The average molecular weight is 218 g/mol. The van der Waals surface area contributed by atoms with Gasteiger partial charge in [0, 0.05) is 16.9 Å². The molecule has 0 spiro atoms. The van der Waals surface area contributed by atoms with Crippen LogP contribution in [0.4, 0.5) is 0 Å². The van der Waals surface area contributed by atoms with E-state index in [-0.39, 0.29) is 0 Å². The SMILES string of the molecule is CC/C=C(C)\C=C1/CSC2C=CC=CC12. The summed E-state index contributed by atoms with van der Waals surface area (Å²) in [7, 11) is 0. The lowest BCUT2D eigenvalue weighted by atomic mass is 9.92. The van der Waals surface area contributed by atoms with Crippen LogP contribution in [0.1, 0.15) is 20.3 Å². The highest BCUT2D eigenvalue weighted by molar-refractivity contribution is 8.00. The van der Waals surface area contributed by atoms with E-state index in [1.165, 1.54) is 11.3 Å². The molecule has 0 amide bonds. The summed E-state index contributed by atoms with van der Waals surface area (Å²) in [4.78, 5) is 0. The first-order valence-electron chi connectivity index (χ1n) is 5.65. The number of allylic oxidation sites excluding steroid dienone is 6. The molecule has 1 aliphatic heterocycles. The van der Waals surface area contributed by atoms with E-state index in [1.54, 1.807) is 5.57 Å². The van der Waals surface area contributed by atoms with Crippen molar-refractivity contribution in [2.45, 2.75) is 25.5 Å². The van der Waals surface area contributed by atoms with Crippen LogP contribution in [0.5, 0.6) is 0 Å². The third kappa shape index (κ3) is 2.46. The first-order chi connectivity index (χ1) is 7.31. The quantitative estimate of drug-likeness (QED) is 0.671. The van der Waals surface area contributed by atoms with Crippen LogP contribution in [0.2, 0.25) is 0 Å². The van der Waals surface area contributed by atoms with E-state index in [1.807, 2.05) is 0 Å². The number of hydrogen-bond donors (Lipinski definition) is 0. The molecule has 2 atom stereocenters. The topological polar surface area (TPSA) is 0 Å². The standard InChI is InChI=1S/C14H18S/c1-3-6-11(2)9-12-10-15-14-8-5-4-7-13(12)14/h4-9,13-14H,3,10H2,1-2H3/b11-6-,12-9+.